The van der Waals surface area contributed by atoms with Crippen LogP contribution in [0.4, 0.5) is 5.69 Å². The van der Waals surface area contributed by atoms with Gasteiger partial charge in [0.05, 0.1) is 11.7 Å². The molecule has 18 heavy (non-hydrogen) atoms. The monoisotopic (exact) mass is 301 g/mol. The van der Waals surface area contributed by atoms with Crippen molar-refractivity contribution in [3.05, 3.63) is 58.7 Å². The zero-order valence-corrected chi connectivity index (χ0v) is 11.2. The lowest BCUT2D eigenvalue weighted by Gasteiger charge is -2.06. The van der Waals surface area contributed by atoms with E-state index in [4.69, 9.17) is 0 Å². The van der Waals surface area contributed by atoms with Crippen LogP contribution in [0.3, 0.4) is 0 Å². The van der Waals surface area contributed by atoms with Gasteiger partial charge in [-0.05, 0) is 35.9 Å². The molecule has 3 rings (SSSR count). The van der Waals surface area contributed by atoms with Crippen LogP contribution in [0.15, 0.2) is 53.1 Å². The number of hydrogen-bond donors (Lipinski definition) is 2. The molecule has 4 heteroatoms. The maximum absolute atomic E-state index is 4.01. The van der Waals surface area contributed by atoms with Gasteiger partial charge in [0.25, 0.3) is 0 Å². The fraction of sp³-hybridized carbons (Fsp3) is 0.0714. The molecule has 3 nitrogen and oxygen atoms in total. The van der Waals surface area contributed by atoms with E-state index < -0.39 is 0 Å². The third-order valence-corrected chi connectivity index (χ3v) is 3.38. The average molecular weight is 302 g/mol. The molecule has 0 unspecified atom stereocenters. The Bertz CT molecular complexity index is 658. The first-order valence-electron chi connectivity index (χ1n) is 5.73. The van der Waals surface area contributed by atoms with Gasteiger partial charge in [-0.15, -0.1) is 0 Å². The van der Waals surface area contributed by atoms with Crippen LogP contribution in [0.1, 0.15) is 5.56 Å². The van der Waals surface area contributed by atoms with Crippen molar-refractivity contribution in [2.75, 3.05) is 5.32 Å². The smallest absolute Gasteiger partial charge is 0.0651 e. The molecular formula is C14H12BrN3. The highest BCUT2D eigenvalue weighted by Crippen LogP contribution is 2.18. The minimum Gasteiger partial charge on any atom is -0.381 e. The molecule has 3 aromatic rings. The van der Waals surface area contributed by atoms with Crippen LogP contribution < -0.4 is 5.32 Å². The van der Waals surface area contributed by atoms with E-state index in [1.165, 1.54) is 5.56 Å². The van der Waals surface area contributed by atoms with Crippen molar-refractivity contribution in [2.24, 2.45) is 0 Å². The van der Waals surface area contributed by atoms with Crippen LogP contribution in [0.5, 0.6) is 0 Å². The highest BCUT2D eigenvalue weighted by atomic mass is 79.9. The van der Waals surface area contributed by atoms with Crippen LogP contribution in [-0.4, -0.2) is 10.2 Å². The third-order valence-electron chi connectivity index (χ3n) is 2.85. The van der Waals surface area contributed by atoms with E-state index >= 15 is 0 Å². The molecule has 0 fully saturated rings. The standard InChI is InChI=1S/C14H12BrN3/c15-12-3-1-10(2-4-12)8-16-13-5-6-14-11(7-13)9-17-18-14/h1-7,9,16H,8H2,(H,17,18). The number of aromatic amines is 1. The van der Waals surface area contributed by atoms with Gasteiger partial charge in [0, 0.05) is 22.1 Å². The minimum absolute atomic E-state index is 0.816. The molecule has 2 N–H and O–H groups in total. The highest BCUT2D eigenvalue weighted by Gasteiger charge is 1.98. The molecule has 0 saturated carbocycles. The van der Waals surface area contributed by atoms with Gasteiger partial charge in [-0.1, -0.05) is 28.1 Å². The summed E-state index contributed by atoms with van der Waals surface area (Å²) < 4.78 is 1.10. The fourth-order valence-corrected chi connectivity index (χ4v) is 2.12. The number of benzene rings is 2. The Kier molecular flexibility index (Phi) is 3.02. The van der Waals surface area contributed by atoms with Gasteiger partial charge >= 0.3 is 0 Å². The summed E-state index contributed by atoms with van der Waals surface area (Å²) in [6, 6.07) is 14.5. The largest absolute Gasteiger partial charge is 0.381 e. The maximum atomic E-state index is 4.01. The molecule has 0 aliphatic carbocycles. The Morgan fingerprint density at radius 3 is 2.78 bits per heavy atom. The second kappa shape index (κ2) is 4.82. The SMILES string of the molecule is Brc1ccc(CNc2ccc3[nH]ncc3c2)cc1. The first kappa shape index (κ1) is 11.3. The van der Waals surface area contributed by atoms with Gasteiger partial charge < -0.3 is 5.32 Å². The number of fused-ring (bicyclic) bond motifs is 1. The Labute approximate surface area is 113 Å². The molecule has 0 aliphatic rings. The molecular weight excluding hydrogens is 290 g/mol. The molecule has 0 aliphatic heterocycles. The lowest BCUT2D eigenvalue weighted by atomic mass is 10.2. The zero-order valence-electron chi connectivity index (χ0n) is 9.65. The van der Waals surface area contributed by atoms with Crippen molar-refractivity contribution >= 4 is 32.5 Å². The molecule has 0 radical (unpaired) electrons. The lowest BCUT2D eigenvalue weighted by Crippen LogP contribution is -1.98. The summed E-state index contributed by atoms with van der Waals surface area (Å²) in [7, 11) is 0. The van der Waals surface area contributed by atoms with Gasteiger partial charge in [0.2, 0.25) is 0 Å². The van der Waals surface area contributed by atoms with Crippen molar-refractivity contribution in [1.82, 2.24) is 10.2 Å². The summed E-state index contributed by atoms with van der Waals surface area (Å²) in [6.07, 6.45) is 1.83. The predicted molar refractivity (Wildman–Crippen MR) is 77.6 cm³/mol. The van der Waals surface area contributed by atoms with E-state index in [2.05, 4.69) is 67.8 Å². The summed E-state index contributed by atoms with van der Waals surface area (Å²) in [6.45, 7) is 0.816. The molecule has 0 bridgehead atoms. The number of hydrogen-bond acceptors (Lipinski definition) is 2. The van der Waals surface area contributed by atoms with Crippen LogP contribution in [0.25, 0.3) is 10.9 Å². The minimum atomic E-state index is 0.816. The van der Waals surface area contributed by atoms with Gasteiger partial charge in [-0.25, -0.2) is 0 Å². The number of halogens is 1. The first-order chi connectivity index (χ1) is 8.81. The van der Waals surface area contributed by atoms with Crippen molar-refractivity contribution in [3.8, 4) is 0 Å². The zero-order chi connectivity index (χ0) is 12.4. The van der Waals surface area contributed by atoms with Crippen molar-refractivity contribution in [1.29, 1.82) is 0 Å². The number of rotatable bonds is 3. The van der Waals surface area contributed by atoms with Crippen LogP contribution in [0.2, 0.25) is 0 Å². The number of nitrogens with zero attached hydrogens (tertiary/aromatic N) is 1. The molecule has 1 aromatic heterocycles. The Balaban J connectivity index is 1.74. The van der Waals surface area contributed by atoms with E-state index in [1.54, 1.807) is 0 Å². The van der Waals surface area contributed by atoms with Gasteiger partial charge in [0.15, 0.2) is 0 Å². The van der Waals surface area contributed by atoms with E-state index in [9.17, 15) is 0 Å². The molecule has 2 aromatic carbocycles. The highest BCUT2D eigenvalue weighted by molar-refractivity contribution is 9.10. The quantitative estimate of drug-likeness (QED) is 0.769. The van der Waals surface area contributed by atoms with Gasteiger partial charge in [0.1, 0.15) is 0 Å². The van der Waals surface area contributed by atoms with Crippen molar-refractivity contribution in [2.45, 2.75) is 6.54 Å². The van der Waals surface area contributed by atoms with E-state index in [-0.39, 0.29) is 0 Å². The lowest BCUT2D eigenvalue weighted by molar-refractivity contribution is 1.12. The molecule has 90 valence electrons. The molecule has 0 saturated heterocycles. The normalized spacial score (nSPS) is 10.7. The third kappa shape index (κ3) is 2.38. The number of nitrogens with one attached hydrogen (secondary N) is 2. The van der Waals surface area contributed by atoms with Crippen LogP contribution in [-0.2, 0) is 6.54 Å². The van der Waals surface area contributed by atoms with E-state index in [0.717, 1.165) is 27.6 Å². The predicted octanol–water partition coefficient (Wildman–Crippen LogP) is 3.94. The summed E-state index contributed by atoms with van der Waals surface area (Å²) in [5.41, 5.74) is 3.42. The van der Waals surface area contributed by atoms with Crippen LogP contribution in [0, 0.1) is 0 Å². The number of H-pyrrole nitrogens is 1. The fourth-order valence-electron chi connectivity index (χ4n) is 1.86. The van der Waals surface area contributed by atoms with Crippen molar-refractivity contribution in [3.63, 3.8) is 0 Å². The van der Waals surface area contributed by atoms with E-state index in [1.807, 2.05) is 12.3 Å². The second-order valence-electron chi connectivity index (χ2n) is 4.15. The number of anilines is 1. The summed E-state index contributed by atoms with van der Waals surface area (Å²) in [5, 5.41) is 11.5. The number of aromatic nitrogens is 2. The topological polar surface area (TPSA) is 40.7 Å². The van der Waals surface area contributed by atoms with E-state index in [0.29, 0.717) is 0 Å². The second-order valence-corrected chi connectivity index (χ2v) is 5.07. The summed E-state index contributed by atoms with van der Waals surface area (Å²) in [5.74, 6) is 0. The Morgan fingerprint density at radius 2 is 1.94 bits per heavy atom. The van der Waals surface area contributed by atoms with Gasteiger partial charge in [-0.2, -0.15) is 5.10 Å². The first-order valence-corrected chi connectivity index (χ1v) is 6.52. The van der Waals surface area contributed by atoms with Crippen LogP contribution >= 0.6 is 15.9 Å². The molecule has 0 amide bonds. The van der Waals surface area contributed by atoms with Gasteiger partial charge in [-0.3, -0.25) is 5.10 Å². The summed E-state index contributed by atoms with van der Waals surface area (Å²) >= 11 is 3.43. The van der Waals surface area contributed by atoms with Crippen molar-refractivity contribution < 1.29 is 0 Å². The molecule has 0 atom stereocenters. The Morgan fingerprint density at radius 1 is 1.11 bits per heavy atom. The molecule has 0 spiro atoms. The summed E-state index contributed by atoms with van der Waals surface area (Å²) in [4.78, 5) is 0. The average Bonchev–Trinajstić information content (AvgIpc) is 2.85. The Hall–Kier alpha value is -1.81. The molecule has 1 heterocycles. The maximum Gasteiger partial charge on any atom is 0.0651 e.